The second-order valence-corrected chi connectivity index (χ2v) is 16.3. The fourth-order valence-electron chi connectivity index (χ4n) is 7.42. The molecule has 1 N–H and O–H groups in total. The van der Waals surface area contributed by atoms with Gasteiger partial charge < -0.3 is 24.2 Å². The average molecular weight is 843 g/mol. The van der Waals surface area contributed by atoms with Gasteiger partial charge in [-0.2, -0.15) is 22.3 Å². The van der Waals surface area contributed by atoms with Gasteiger partial charge in [-0.05, 0) is 100 Å². The number of tetrazole rings is 1. The Hall–Kier alpha value is -5.97. The van der Waals surface area contributed by atoms with Crippen molar-refractivity contribution in [2.24, 2.45) is 0 Å². The molecule has 0 unspecified atom stereocenters. The van der Waals surface area contributed by atoms with Crippen LogP contribution in [0.3, 0.4) is 0 Å². The maximum absolute atomic E-state index is 15.4. The van der Waals surface area contributed by atoms with Gasteiger partial charge in [0.1, 0.15) is 22.1 Å². The Balaban J connectivity index is 1.36. The number of alkyl halides is 3. The third kappa shape index (κ3) is 9.40. The number of piperidine rings is 1. The van der Waals surface area contributed by atoms with Crippen molar-refractivity contribution in [2.75, 3.05) is 39.3 Å². The Morgan fingerprint density at radius 3 is 1.70 bits per heavy atom. The average Bonchev–Trinajstić information content (AvgIpc) is 3.74. The molecule has 6 aromatic rings. The number of hydrogen-bond acceptors (Lipinski definition) is 10. The minimum absolute atomic E-state index is 0.0724. The predicted molar refractivity (Wildman–Crippen MR) is 219 cm³/mol. The molecule has 1 fully saturated rings. The highest BCUT2D eigenvalue weighted by molar-refractivity contribution is 7.89. The van der Waals surface area contributed by atoms with Gasteiger partial charge in [0, 0.05) is 31.9 Å². The molecule has 1 saturated heterocycles. The molecule has 0 spiro atoms. The molecule has 2 heterocycles. The van der Waals surface area contributed by atoms with Gasteiger partial charge in [0.05, 0.1) is 45.6 Å². The largest absolute Gasteiger partial charge is 0.497 e. The summed E-state index contributed by atoms with van der Waals surface area (Å²) in [6, 6.07) is 30.3. The fraction of sp³-hybridized carbons (Fsp3) is 0.295. The van der Waals surface area contributed by atoms with E-state index in [1.807, 2.05) is 29.2 Å². The van der Waals surface area contributed by atoms with Crippen LogP contribution in [0.15, 0.2) is 114 Å². The van der Waals surface area contributed by atoms with Gasteiger partial charge in [-0.15, -0.1) is 10.2 Å². The first-order valence-electron chi connectivity index (χ1n) is 19.3. The number of aliphatic hydroxyl groups excluding tert-OH is 1. The van der Waals surface area contributed by atoms with Crippen LogP contribution in [0.4, 0.5) is 18.9 Å². The molecule has 1 aliphatic rings. The van der Waals surface area contributed by atoms with Crippen molar-refractivity contribution < 1.29 is 40.9 Å². The van der Waals surface area contributed by atoms with Crippen LogP contribution < -0.4 is 19.1 Å². The van der Waals surface area contributed by atoms with Gasteiger partial charge in [0.15, 0.2) is 0 Å². The normalized spacial score (nSPS) is 13.8. The molecule has 12 nitrogen and oxygen atoms in total. The van der Waals surface area contributed by atoms with E-state index < -0.39 is 26.7 Å². The van der Waals surface area contributed by atoms with E-state index in [1.165, 1.54) is 25.1 Å². The summed E-state index contributed by atoms with van der Waals surface area (Å²) >= 11 is 0. The third-order valence-electron chi connectivity index (χ3n) is 10.7. The number of methoxy groups -OCH3 is 3. The molecule has 1 aliphatic heterocycles. The van der Waals surface area contributed by atoms with Gasteiger partial charge in [0.2, 0.25) is 15.8 Å². The van der Waals surface area contributed by atoms with Crippen molar-refractivity contribution in [3.8, 4) is 28.6 Å². The number of aliphatic hydroxyl groups is 1. The number of ether oxygens (including phenoxy) is 3. The summed E-state index contributed by atoms with van der Waals surface area (Å²) in [7, 11) is -0.477. The van der Waals surface area contributed by atoms with Crippen LogP contribution in [-0.4, -0.2) is 72.5 Å². The molecule has 5 aromatic carbocycles. The number of hydrogen-bond donors (Lipinski definition) is 1. The van der Waals surface area contributed by atoms with Gasteiger partial charge in [-0.1, -0.05) is 60.7 Å². The molecule has 0 saturated carbocycles. The molecule has 314 valence electrons. The number of nitrogens with zero attached hydrogens (tertiary/aromatic N) is 6. The molecule has 0 radical (unpaired) electrons. The third-order valence-corrected chi connectivity index (χ3v) is 12.6. The molecule has 7 rings (SSSR count). The lowest BCUT2D eigenvalue weighted by Gasteiger charge is -2.36. The maximum atomic E-state index is 15.4. The lowest BCUT2D eigenvalue weighted by molar-refractivity contribution is -0.139. The van der Waals surface area contributed by atoms with Crippen molar-refractivity contribution in [1.82, 2.24) is 24.5 Å². The standard InChI is InChI=1S/C44H45F3N6O6S/c1-57-36-14-6-30(7-15-36)26-52(27-31-8-16-37(58-2)17-9-31)60(55,56)42-39(44(45,46)47)20-21-40(51-24-22-35(23-25-51)34-12-4-33(29-54)5-13-34)41(42)43-48-50-53(49-43)28-32-10-18-38(59-3)19-11-32/h4-21,35,54H,22-29H2,1-3H3. The molecule has 16 heteroatoms. The SMILES string of the molecule is COc1ccc(CN(Cc2ccc(OC)cc2)S(=O)(=O)c2c(C(F)(F)F)ccc(N3CCC(c4ccc(CO)cc4)CC3)c2-c2nnn(Cc3ccc(OC)cc3)n2)cc1. The zero-order chi connectivity index (χ0) is 42.4. The first-order chi connectivity index (χ1) is 28.9. The minimum Gasteiger partial charge on any atom is -0.497 e. The molecular formula is C44H45F3N6O6S. The number of rotatable bonds is 15. The van der Waals surface area contributed by atoms with E-state index in [9.17, 15) is 5.11 Å². The van der Waals surface area contributed by atoms with Crippen molar-refractivity contribution >= 4 is 15.7 Å². The predicted octanol–water partition coefficient (Wildman–Crippen LogP) is 7.70. The van der Waals surface area contributed by atoms with Crippen molar-refractivity contribution in [3.05, 3.63) is 143 Å². The van der Waals surface area contributed by atoms with Gasteiger partial charge in [-0.3, -0.25) is 0 Å². The summed E-state index contributed by atoms with van der Waals surface area (Å²) in [5.74, 6) is 1.58. The van der Waals surface area contributed by atoms with E-state index in [2.05, 4.69) is 15.4 Å². The number of halogens is 3. The van der Waals surface area contributed by atoms with E-state index in [1.54, 1.807) is 79.9 Å². The van der Waals surface area contributed by atoms with Crippen LogP contribution in [0, 0.1) is 0 Å². The quantitative estimate of drug-likeness (QED) is 0.110. The number of benzene rings is 5. The highest BCUT2D eigenvalue weighted by atomic mass is 32.2. The molecule has 0 bridgehead atoms. The zero-order valence-electron chi connectivity index (χ0n) is 33.3. The number of anilines is 1. The Kier molecular flexibility index (Phi) is 12.7. The van der Waals surface area contributed by atoms with E-state index in [4.69, 9.17) is 14.2 Å². The van der Waals surface area contributed by atoms with E-state index in [0.29, 0.717) is 54.3 Å². The van der Waals surface area contributed by atoms with E-state index >= 15 is 21.6 Å². The lowest BCUT2D eigenvalue weighted by atomic mass is 9.88. The Morgan fingerprint density at radius 1 is 0.717 bits per heavy atom. The minimum atomic E-state index is -5.09. The Labute approximate surface area is 346 Å². The van der Waals surface area contributed by atoms with E-state index in [0.717, 1.165) is 27.1 Å². The van der Waals surface area contributed by atoms with Gasteiger partial charge in [0.25, 0.3) is 0 Å². The summed E-state index contributed by atoms with van der Waals surface area (Å²) in [6.45, 7) is 0.317. The van der Waals surface area contributed by atoms with Gasteiger partial charge >= 0.3 is 6.18 Å². The van der Waals surface area contributed by atoms with Crippen molar-refractivity contribution in [3.63, 3.8) is 0 Å². The first kappa shape index (κ1) is 42.2. The molecular weight excluding hydrogens is 798 g/mol. The van der Waals surface area contributed by atoms with Crippen LogP contribution in [0.2, 0.25) is 0 Å². The molecule has 0 atom stereocenters. The molecule has 1 aromatic heterocycles. The summed E-state index contributed by atoms with van der Waals surface area (Å²) in [6.07, 6.45) is -3.81. The fourth-order valence-corrected chi connectivity index (χ4v) is 9.23. The molecule has 0 aliphatic carbocycles. The Morgan fingerprint density at radius 2 is 1.22 bits per heavy atom. The number of sulfonamides is 1. The lowest BCUT2D eigenvalue weighted by Crippen LogP contribution is -2.35. The van der Waals surface area contributed by atoms with Crippen LogP contribution in [0.1, 0.15) is 52.1 Å². The van der Waals surface area contributed by atoms with Crippen molar-refractivity contribution in [1.29, 1.82) is 0 Å². The maximum Gasteiger partial charge on any atom is 0.417 e. The summed E-state index contributed by atoms with van der Waals surface area (Å²) in [5.41, 5.74) is 2.30. The molecule has 60 heavy (non-hydrogen) atoms. The smallest absolute Gasteiger partial charge is 0.417 e. The second kappa shape index (κ2) is 18.1. The Bertz CT molecular complexity index is 2420. The van der Waals surface area contributed by atoms with Crippen LogP contribution in [0.25, 0.3) is 11.4 Å². The highest BCUT2D eigenvalue weighted by Crippen LogP contribution is 2.46. The van der Waals surface area contributed by atoms with Crippen LogP contribution in [-0.2, 0) is 42.4 Å². The van der Waals surface area contributed by atoms with Crippen LogP contribution >= 0.6 is 0 Å². The topological polar surface area (TPSA) is 132 Å². The summed E-state index contributed by atoms with van der Waals surface area (Å²) in [4.78, 5) is 2.17. The number of aromatic nitrogens is 4. The highest BCUT2D eigenvalue weighted by Gasteiger charge is 2.43. The molecule has 0 amide bonds. The monoisotopic (exact) mass is 842 g/mol. The van der Waals surface area contributed by atoms with Crippen molar-refractivity contribution in [2.45, 2.75) is 56.1 Å². The first-order valence-corrected chi connectivity index (χ1v) is 20.7. The zero-order valence-corrected chi connectivity index (χ0v) is 34.2. The summed E-state index contributed by atoms with van der Waals surface area (Å²) in [5, 5.41) is 22.5. The van der Waals surface area contributed by atoms with Gasteiger partial charge in [-0.25, -0.2) is 8.42 Å². The summed E-state index contributed by atoms with van der Waals surface area (Å²) < 4.78 is 93.8. The van der Waals surface area contributed by atoms with E-state index in [-0.39, 0.29) is 49.2 Å². The van der Waals surface area contributed by atoms with Crippen LogP contribution in [0.5, 0.6) is 17.2 Å². The second-order valence-electron chi connectivity index (χ2n) is 14.5.